The average molecular weight is 285 g/mol. The normalized spacial score (nSPS) is 15.8. The maximum Gasteiger partial charge on any atom is 0.435 e. The van der Waals surface area contributed by atoms with Crippen LogP contribution < -0.4 is 10.6 Å². The second-order valence-corrected chi connectivity index (χ2v) is 4.79. The van der Waals surface area contributed by atoms with Crippen LogP contribution in [0.25, 0.3) is 5.52 Å². The number of hydrogen-bond donors (Lipinski definition) is 2. The van der Waals surface area contributed by atoms with Crippen molar-refractivity contribution in [3.05, 3.63) is 24.2 Å². The molecule has 0 unspecified atom stereocenters. The molecule has 0 aromatic carbocycles. The summed E-state index contributed by atoms with van der Waals surface area (Å²) in [7, 11) is 0. The fraction of sp³-hybridized carbons (Fsp3) is 0.500. The van der Waals surface area contributed by atoms with Crippen LogP contribution in [-0.4, -0.2) is 33.7 Å². The molecule has 1 fully saturated rings. The van der Waals surface area contributed by atoms with Gasteiger partial charge in [-0.05, 0) is 12.8 Å². The number of aromatic nitrogens is 3. The number of rotatable bonds is 5. The molecule has 2 heterocycles. The van der Waals surface area contributed by atoms with Crippen molar-refractivity contribution in [2.75, 3.05) is 18.4 Å². The molecular weight excluding hydrogens is 271 g/mol. The van der Waals surface area contributed by atoms with E-state index in [2.05, 4.69) is 20.7 Å². The molecule has 0 aliphatic heterocycles. The highest BCUT2D eigenvalue weighted by Crippen LogP contribution is 2.29. The third-order valence-corrected chi connectivity index (χ3v) is 3.11. The molecule has 0 bridgehead atoms. The second-order valence-electron chi connectivity index (χ2n) is 4.79. The van der Waals surface area contributed by atoms with E-state index in [0.717, 1.165) is 12.6 Å². The largest absolute Gasteiger partial charge is 0.435 e. The molecule has 0 amide bonds. The molecule has 1 aliphatic carbocycles. The summed E-state index contributed by atoms with van der Waals surface area (Å²) < 4.78 is 39.1. The Morgan fingerprint density at radius 3 is 2.80 bits per heavy atom. The maximum absolute atomic E-state index is 12.6. The first kappa shape index (κ1) is 13.2. The van der Waals surface area contributed by atoms with E-state index < -0.39 is 11.9 Å². The monoisotopic (exact) mass is 285 g/mol. The van der Waals surface area contributed by atoms with Crippen LogP contribution in [0.2, 0.25) is 0 Å². The molecule has 2 N–H and O–H groups in total. The van der Waals surface area contributed by atoms with Crippen molar-refractivity contribution in [2.45, 2.75) is 25.1 Å². The lowest BCUT2D eigenvalue weighted by Crippen LogP contribution is -2.24. The highest BCUT2D eigenvalue weighted by molar-refractivity contribution is 5.67. The number of nitrogens with zero attached hydrogens (tertiary/aromatic N) is 3. The third kappa shape index (κ3) is 2.84. The predicted octanol–water partition coefficient (Wildman–Crippen LogP) is 1.91. The van der Waals surface area contributed by atoms with Gasteiger partial charge in [-0.2, -0.15) is 18.3 Å². The first-order valence-corrected chi connectivity index (χ1v) is 6.43. The van der Waals surface area contributed by atoms with Gasteiger partial charge in [-0.15, -0.1) is 0 Å². The molecule has 2 aromatic rings. The molecule has 8 heteroatoms. The lowest BCUT2D eigenvalue weighted by Gasteiger charge is -2.07. The summed E-state index contributed by atoms with van der Waals surface area (Å²) in [5, 5.41) is 9.85. The number of halogens is 3. The topological polar surface area (TPSA) is 54.2 Å². The first-order valence-electron chi connectivity index (χ1n) is 6.43. The van der Waals surface area contributed by atoms with E-state index in [9.17, 15) is 13.2 Å². The molecule has 20 heavy (non-hydrogen) atoms. The van der Waals surface area contributed by atoms with Crippen LogP contribution in [0.5, 0.6) is 0 Å². The van der Waals surface area contributed by atoms with Gasteiger partial charge in [0.25, 0.3) is 0 Å². The van der Waals surface area contributed by atoms with Crippen molar-refractivity contribution in [3.63, 3.8) is 0 Å². The Morgan fingerprint density at radius 1 is 1.30 bits per heavy atom. The zero-order valence-corrected chi connectivity index (χ0v) is 10.6. The minimum absolute atomic E-state index is 0.325. The lowest BCUT2D eigenvalue weighted by atomic mass is 10.3. The van der Waals surface area contributed by atoms with E-state index in [-0.39, 0.29) is 0 Å². The predicted molar refractivity (Wildman–Crippen MR) is 67.5 cm³/mol. The van der Waals surface area contributed by atoms with E-state index >= 15 is 0 Å². The first-order chi connectivity index (χ1) is 9.54. The quantitative estimate of drug-likeness (QED) is 0.824. The van der Waals surface area contributed by atoms with Gasteiger partial charge < -0.3 is 10.6 Å². The molecule has 0 saturated heterocycles. The smallest absolute Gasteiger partial charge is 0.367 e. The zero-order chi connectivity index (χ0) is 14.2. The minimum Gasteiger partial charge on any atom is -0.367 e. The molecule has 0 spiro atoms. The summed E-state index contributed by atoms with van der Waals surface area (Å²) in [6, 6.07) is 1.61. The molecule has 108 valence electrons. The molecule has 2 aromatic heterocycles. The third-order valence-electron chi connectivity index (χ3n) is 3.11. The Bertz CT molecular complexity index is 603. The fourth-order valence-corrected chi connectivity index (χ4v) is 1.94. The summed E-state index contributed by atoms with van der Waals surface area (Å²) in [5.41, 5.74) is -0.587. The Hall–Kier alpha value is -1.83. The number of fused-ring (bicyclic) bond motifs is 1. The van der Waals surface area contributed by atoms with Gasteiger partial charge in [0.05, 0.1) is 0 Å². The van der Waals surface area contributed by atoms with Gasteiger partial charge in [0.2, 0.25) is 0 Å². The summed E-state index contributed by atoms with van der Waals surface area (Å²) in [4.78, 5) is 4.07. The molecule has 0 atom stereocenters. The van der Waals surface area contributed by atoms with Crippen LogP contribution >= 0.6 is 0 Å². The van der Waals surface area contributed by atoms with Gasteiger partial charge in [-0.3, -0.25) is 0 Å². The van der Waals surface area contributed by atoms with Gasteiger partial charge in [0, 0.05) is 37.6 Å². The van der Waals surface area contributed by atoms with Crippen LogP contribution in [0.1, 0.15) is 18.5 Å². The van der Waals surface area contributed by atoms with Crippen molar-refractivity contribution in [1.82, 2.24) is 19.9 Å². The van der Waals surface area contributed by atoms with Crippen LogP contribution in [0.4, 0.5) is 19.0 Å². The number of anilines is 1. The van der Waals surface area contributed by atoms with Gasteiger partial charge >= 0.3 is 6.18 Å². The van der Waals surface area contributed by atoms with Crippen LogP contribution in [-0.2, 0) is 6.18 Å². The van der Waals surface area contributed by atoms with Gasteiger partial charge in [-0.25, -0.2) is 9.50 Å². The summed E-state index contributed by atoms with van der Waals surface area (Å²) >= 11 is 0. The van der Waals surface area contributed by atoms with Gasteiger partial charge in [0.15, 0.2) is 11.5 Å². The summed E-state index contributed by atoms with van der Waals surface area (Å²) in [6.07, 6.45) is 0.780. The second kappa shape index (κ2) is 4.93. The highest BCUT2D eigenvalue weighted by Gasteiger charge is 2.34. The van der Waals surface area contributed by atoms with Gasteiger partial charge in [0.1, 0.15) is 5.52 Å². The Morgan fingerprint density at radius 2 is 2.10 bits per heavy atom. The standard InChI is InChI=1S/C12H14F3N5/c13-12(14,15)10-7-9-11(18-5-6-20(9)19-10)17-4-3-16-8-1-2-8/h5-8,16H,1-4H2,(H,17,18). The highest BCUT2D eigenvalue weighted by atomic mass is 19.4. The minimum atomic E-state index is -4.45. The van der Waals surface area contributed by atoms with Crippen molar-refractivity contribution >= 4 is 11.3 Å². The van der Waals surface area contributed by atoms with E-state index in [1.807, 2.05) is 0 Å². The molecule has 1 aliphatic rings. The van der Waals surface area contributed by atoms with E-state index in [0.29, 0.717) is 23.9 Å². The molecule has 1 saturated carbocycles. The van der Waals surface area contributed by atoms with Gasteiger partial charge in [-0.1, -0.05) is 0 Å². The van der Waals surface area contributed by atoms with E-state index in [1.54, 1.807) is 0 Å². The Kier molecular flexibility index (Phi) is 3.25. The van der Waals surface area contributed by atoms with Crippen molar-refractivity contribution in [3.8, 4) is 0 Å². The molecular formula is C12H14F3N5. The van der Waals surface area contributed by atoms with Crippen molar-refractivity contribution in [1.29, 1.82) is 0 Å². The lowest BCUT2D eigenvalue weighted by molar-refractivity contribution is -0.141. The SMILES string of the molecule is FC(F)(F)c1cc2c(NCCNC3CC3)nccn2n1. The van der Waals surface area contributed by atoms with Crippen molar-refractivity contribution < 1.29 is 13.2 Å². The Balaban J connectivity index is 1.73. The Labute approximate surface area is 113 Å². The number of hydrogen-bond acceptors (Lipinski definition) is 4. The summed E-state index contributed by atoms with van der Waals surface area (Å²) in [5.74, 6) is 0.410. The van der Waals surface area contributed by atoms with E-state index in [1.165, 1.54) is 29.8 Å². The van der Waals surface area contributed by atoms with Crippen molar-refractivity contribution in [2.24, 2.45) is 0 Å². The van der Waals surface area contributed by atoms with E-state index in [4.69, 9.17) is 0 Å². The van der Waals surface area contributed by atoms with Crippen LogP contribution in [0.3, 0.4) is 0 Å². The van der Waals surface area contributed by atoms with Crippen LogP contribution in [0.15, 0.2) is 18.5 Å². The number of nitrogens with one attached hydrogen (secondary N) is 2. The molecule has 5 nitrogen and oxygen atoms in total. The molecule has 3 rings (SSSR count). The fourth-order valence-electron chi connectivity index (χ4n) is 1.94. The molecule has 0 radical (unpaired) electrons. The zero-order valence-electron chi connectivity index (χ0n) is 10.6. The summed E-state index contributed by atoms with van der Waals surface area (Å²) in [6.45, 7) is 1.36. The maximum atomic E-state index is 12.6. The average Bonchev–Trinajstić information content (AvgIpc) is 3.09. The van der Waals surface area contributed by atoms with Crippen LogP contribution in [0, 0.1) is 0 Å². The number of alkyl halides is 3.